The standard InChI is InChI=1S/C24H34N6O3/c1-28-21-12-18(2-3-19(21)23(27-28)20-4-5-22(32)26-24(20)33)30-9-6-16(7-10-30)13-29-11-8-25-17(14-29)15-31/h2-3,12,16-17,20,25,31H,4-11,13-15H2,1H3,(H,26,32,33)/t17-,20?/m0/s1. The smallest absolute Gasteiger partial charge is 0.235 e. The number of carbonyl (C=O) groups is 2. The summed E-state index contributed by atoms with van der Waals surface area (Å²) in [5.74, 6) is -0.124. The Morgan fingerprint density at radius 2 is 1.97 bits per heavy atom. The lowest BCUT2D eigenvalue weighted by molar-refractivity contribution is -0.134. The maximum absolute atomic E-state index is 12.4. The van der Waals surface area contributed by atoms with E-state index < -0.39 is 0 Å². The van der Waals surface area contributed by atoms with E-state index in [4.69, 9.17) is 0 Å². The molecule has 178 valence electrons. The van der Waals surface area contributed by atoms with Crippen LogP contribution < -0.4 is 15.5 Å². The van der Waals surface area contributed by atoms with E-state index in [1.165, 1.54) is 18.5 Å². The first-order valence-corrected chi connectivity index (χ1v) is 12.1. The van der Waals surface area contributed by atoms with Crippen molar-refractivity contribution < 1.29 is 14.7 Å². The number of aryl methyl sites for hydroxylation is 1. The number of aliphatic hydroxyl groups excluding tert-OH is 1. The fraction of sp³-hybridized carbons (Fsp3) is 0.625. The number of piperazine rings is 1. The molecule has 4 heterocycles. The molecule has 1 unspecified atom stereocenters. The van der Waals surface area contributed by atoms with Crippen molar-refractivity contribution in [2.75, 3.05) is 50.8 Å². The van der Waals surface area contributed by atoms with Crippen LogP contribution in [-0.2, 0) is 16.6 Å². The molecule has 2 aromatic rings. The number of imide groups is 1. The van der Waals surface area contributed by atoms with E-state index in [1.807, 2.05) is 11.7 Å². The van der Waals surface area contributed by atoms with Crippen molar-refractivity contribution in [2.24, 2.45) is 13.0 Å². The minimum atomic E-state index is -0.372. The summed E-state index contributed by atoms with van der Waals surface area (Å²) in [5.41, 5.74) is 2.98. The second-order valence-corrected chi connectivity index (χ2v) is 9.74. The van der Waals surface area contributed by atoms with E-state index in [-0.39, 0.29) is 30.4 Å². The van der Waals surface area contributed by atoms with Crippen LogP contribution >= 0.6 is 0 Å². The fourth-order valence-corrected chi connectivity index (χ4v) is 5.60. The molecule has 3 fully saturated rings. The number of benzene rings is 1. The van der Waals surface area contributed by atoms with Gasteiger partial charge in [-0.05, 0) is 43.4 Å². The Balaban J connectivity index is 1.24. The number of nitrogens with zero attached hydrogens (tertiary/aromatic N) is 4. The molecule has 0 saturated carbocycles. The highest BCUT2D eigenvalue weighted by Gasteiger charge is 2.32. The summed E-state index contributed by atoms with van der Waals surface area (Å²) in [4.78, 5) is 28.8. The van der Waals surface area contributed by atoms with Gasteiger partial charge in [0.25, 0.3) is 0 Å². The van der Waals surface area contributed by atoms with E-state index in [0.29, 0.717) is 18.8 Å². The lowest BCUT2D eigenvalue weighted by atomic mass is 9.92. The van der Waals surface area contributed by atoms with E-state index >= 15 is 0 Å². The predicted molar refractivity (Wildman–Crippen MR) is 126 cm³/mol. The molecule has 1 aromatic carbocycles. The second-order valence-electron chi connectivity index (χ2n) is 9.74. The van der Waals surface area contributed by atoms with Crippen LogP contribution in [0.1, 0.15) is 37.3 Å². The van der Waals surface area contributed by atoms with Crippen LogP contribution in [0.25, 0.3) is 10.9 Å². The average molecular weight is 455 g/mol. The molecule has 0 spiro atoms. The van der Waals surface area contributed by atoms with Crippen LogP contribution in [0.2, 0.25) is 0 Å². The van der Waals surface area contributed by atoms with Crippen LogP contribution in [0.15, 0.2) is 18.2 Å². The van der Waals surface area contributed by atoms with E-state index in [0.717, 1.165) is 55.9 Å². The van der Waals surface area contributed by atoms with Gasteiger partial charge in [-0.2, -0.15) is 5.10 Å². The zero-order valence-corrected chi connectivity index (χ0v) is 19.3. The molecule has 3 aliphatic heterocycles. The van der Waals surface area contributed by atoms with Gasteiger partial charge in [0, 0.05) is 69.9 Å². The molecule has 2 amide bonds. The molecule has 3 N–H and O–H groups in total. The Morgan fingerprint density at radius 1 is 1.15 bits per heavy atom. The minimum Gasteiger partial charge on any atom is -0.395 e. The van der Waals surface area contributed by atoms with Gasteiger partial charge < -0.3 is 20.2 Å². The molecule has 9 heteroatoms. The number of aliphatic hydroxyl groups is 1. The first-order valence-electron chi connectivity index (χ1n) is 12.1. The molecule has 3 saturated heterocycles. The number of amides is 2. The third-order valence-electron chi connectivity index (χ3n) is 7.49. The first kappa shape index (κ1) is 22.3. The highest BCUT2D eigenvalue weighted by molar-refractivity contribution is 6.02. The van der Waals surface area contributed by atoms with Crippen LogP contribution in [-0.4, -0.2) is 83.5 Å². The lowest BCUT2D eigenvalue weighted by Crippen LogP contribution is -2.53. The number of anilines is 1. The Labute approximate surface area is 194 Å². The van der Waals surface area contributed by atoms with Crippen LogP contribution in [0.4, 0.5) is 5.69 Å². The van der Waals surface area contributed by atoms with Crippen LogP contribution in [0.3, 0.4) is 0 Å². The van der Waals surface area contributed by atoms with Crippen molar-refractivity contribution in [3.8, 4) is 0 Å². The Bertz CT molecular complexity index is 1030. The maximum Gasteiger partial charge on any atom is 0.235 e. The van der Waals surface area contributed by atoms with Crippen molar-refractivity contribution in [1.82, 2.24) is 25.3 Å². The molecule has 0 radical (unpaired) electrons. The highest BCUT2D eigenvalue weighted by Crippen LogP contribution is 2.33. The summed E-state index contributed by atoms with van der Waals surface area (Å²) in [6.45, 7) is 6.33. The molecular weight excluding hydrogens is 420 g/mol. The number of fused-ring (bicyclic) bond motifs is 1. The summed E-state index contributed by atoms with van der Waals surface area (Å²) in [7, 11) is 1.92. The van der Waals surface area contributed by atoms with Gasteiger partial charge in [-0.3, -0.25) is 19.6 Å². The Hall–Kier alpha value is -2.49. The summed E-state index contributed by atoms with van der Waals surface area (Å²) in [5, 5.41) is 20.9. The van der Waals surface area contributed by atoms with Crippen molar-refractivity contribution >= 4 is 28.4 Å². The highest BCUT2D eigenvalue weighted by atomic mass is 16.3. The molecule has 5 rings (SSSR count). The van der Waals surface area contributed by atoms with Gasteiger partial charge in [0.2, 0.25) is 11.8 Å². The van der Waals surface area contributed by atoms with Gasteiger partial charge in [-0.25, -0.2) is 0 Å². The number of aromatic nitrogens is 2. The van der Waals surface area contributed by atoms with E-state index in [2.05, 4.69) is 43.7 Å². The normalized spacial score (nSPS) is 25.6. The van der Waals surface area contributed by atoms with Crippen molar-refractivity contribution in [1.29, 1.82) is 0 Å². The largest absolute Gasteiger partial charge is 0.395 e. The van der Waals surface area contributed by atoms with Crippen molar-refractivity contribution in [3.63, 3.8) is 0 Å². The molecule has 0 bridgehead atoms. The van der Waals surface area contributed by atoms with Gasteiger partial charge in [0.1, 0.15) is 0 Å². The third kappa shape index (κ3) is 4.62. The maximum atomic E-state index is 12.4. The summed E-state index contributed by atoms with van der Waals surface area (Å²) in [6, 6.07) is 6.61. The van der Waals surface area contributed by atoms with Crippen LogP contribution in [0, 0.1) is 5.92 Å². The molecular formula is C24H34N6O3. The van der Waals surface area contributed by atoms with Gasteiger partial charge >= 0.3 is 0 Å². The number of hydrogen-bond donors (Lipinski definition) is 3. The fourth-order valence-electron chi connectivity index (χ4n) is 5.60. The first-order chi connectivity index (χ1) is 16.0. The molecule has 1 aromatic heterocycles. The van der Waals surface area contributed by atoms with E-state index in [1.54, 1.807) is 0 Å². The number of piperidine rings is 2. The summed E-state index contributed by atoms with van der Waals surface area (Å²) < 4.78 is 1.85. The molecule has 33 heavy (non-hydrogen) atoms. The van der Waals surface area contributed by atoms with Crippen molar-refractivity contribution in [2.45, 2.75) is 37.6 Å². The number of nitrogens with one attached hydrogen (secondary N) is 2. The number of hydrogen-bond acceptors (Lipinski definition) is 7. The Morgan fingerprint density at radius 3 is 2.73 bits per heavy atom. The monoisotopic (exact) mass is 454 g/mol. The predicted octanol–water partition coefficient (Wildman–Crippen LogP) is 0.576. The molecule has 2 atom stereocenters. The average Bonchev–Trinajstić information content (AvgIpc) is 3.15. The molecule has 0 aliphatic carbocycles. The van der Waals surface area contributed by atoms with Gasteiger partial charge in [0.05, 0.1) is 23.7 Å². The Kier molecular flexibility index (Phi) is 6.36. The quantitative estimate of drug-likeness (QED) is 0.568. The molecule has 9 nitrogen and oxygen atoms in total. The topological polar surface area (TPSA) is 103 Å². The van der Waals surface area contributed by atoms with Gasteiger partial charge in [-0.15, -0.1) is 0 Å². The minimum absolute atomic E-state index is 0.202. The molecule has 3 aliphatic rings. The third-order valence-corrected chi connectivity index (χ3v) is 7.49. The summed E-state index contributed by atoms with van der Waals surface area (Å²) >= 11 is 0. The SMILES string of the molecule is Cn1nc(C2CCC(=O)NC2=O)c2ccc(N3CCC(CN4CCN[C@H](CO)C4)CC3)cc21. The van der Waals surface area contributed by atoms with Gasteiger partial charge in [0.15, 0.2) is 0 Å². The summed E-state index contributed by atoms with van der Waals surface area (Å²) in [6.07, 6.45) is 3.20. The number of rotatable bonds is 5. The van der Waals surface area contributed by atoms with E-state index in [9.17, 15) is 14.7 Å². The van der Waals surface area contributed by atoms with Crippen LogP contribution in [0.5, 0.6) is 0 Å². The lowest BCUT2D eigenvalue weighted by Gasteiger charge is -2.38. The number of carbonyl (C=O) groups excluding carboxylic acids is 2. The van der Waals surface area contributed by atoms with Gasteiger partial charge in [-0.1, -0.05) is 0 Å². The zero-order chi connectivity index (χ0) is 22.9. The van der Waals surface area contributed by atoms with Crippen molar-refractivity contribution in [3.05, 3.63) is 23.9 Å². The second kappa shape index (κ2) is 9.40. The zero-order valence-electron chi connectivity index (χ0n) is 19.3.